The zero-order chi connectivity index (χ0) is 11.4. The third-order valence-corrected chi connectivity index (χ3v) is 2.76. The number of hydrogen-bond acceptors (Lipinski definition) is 3. The molecule has 4 nitrogen and oxygen atoms in total. The molecule has 15 heavy (non-hydrogen) atoms. The van der Waals surface area contributed by atoms with Gasteiger partial charge in [-0.25, -0.2) is 0 Å². The third kappa shape index (κ3) is 2.63. The van der Waals surface area contributed by atoms with Crippen molar-refractivity contribution < 1.29 is 0 Å². The maximum atomic E-state index is 6.03. The standard InChI is InChI=1S/C8H13ClN4.C2H6/c1-12-3-2-4-13-6(5-12)7(9)8(10)11-13;1-2/h2-5H2,1H3,(H2,10,11);1-2H3. The lowest BCUT2D eigenvalue weighted by Gasteiger charge is -2.11. The smallest absolute Gasteiger partial charge is 0.164 e. The molecule has 2 N–H and O–H groups in total. The lowest BCUT2D eigenvalue weighted by Crippen LogP contribution is -2.17. The summed E-state index contributed by atoms with van der Waals surface area (Å²) in [6.45, 7) is 6.83. The predicted molar refractivity (Wildman–Crippen MR) is 63.9 cm³/mol. The molecule has 0 saturated heterocycles. The highest BCUT2D eigenvalue weighted by atomic mass is 35.5. The summed E-state index contributed by atoms with van der Waals surface area (Å²) in [5.41, 5.74) is 6.68. The summed E-state index contributed by atoms with van der Waals surface area (Å²) in [5, 5.41) is 4.80. The van der Waals surface area contributed by atoms with Crippen molar-refractivity contribution in [1.82, 2.24) is 14.7 Å². The van der Waals surface area contributed by atoms with Crippen LogP contribution in [0.5, 0.6) is 0 Å². The van der Waals surface area contributed by atoms with Gasteiger partial charge in [-0.2, -0.15) is 5.10 Å². The molecule has 0 amide bonds. The molecule has 0 bridgehead atoms. The van der Waals surface area contributed by atoms with Crippen LogP contribution < -0.4 is 5.73 Å². The number of nitrogens with two attached hydrogens (primary N) is 1. The van der Waals surface area contributed by atoms with Crippen molar-refractivity contribution in [3.05, 3.63) is 10.7 Å². The van der Waals surface area contributed by atoms with Crippen LogP contribution in [-0.4, -0.2) is 28.3 Å². The molecule has 5 heteroatoms. The Balaban J connectivity index is 0.000000531. The van der Waals surface area contributed by atoms with E-state index in [9.17, 15) is 0 Å². The van der Waals surface area contributed by atoms with Gasteiger partial charge in [-0.1, -0.05) is 25.4 Å². The Morgan fingerprint density at radius 1 is 1.33 bits per heavy atom. The molecule has 2 rings (SSSR count). The number of rotatable bonds is 0. The Kier molecular flexibility index (Phi) is 4.42. The monoisotopic (exact) mass is 230 g/mol. The van der Waals surface area contributed by atoms with Crippen molar-refractivity contribution in [2.24, 2.45) is 0 Å². The first-order chi connectivity index (χ1) is 7.18. The molecule has 0 aliphatic carbocycles. The normalized spacial score (nSPS) is 16.3. The summed E-state index contributed by atoms with van der Waals surface area (Å²) in [6.07, 6.45) is 1.10. The minimum atomic E-state index is 0.451. The first-order valence-electron chi connectivity index (χ1n) is 5.37. The number of nitrogen functional groups attached to an aromatic ring is 1. The van der Waals surface area contributed by atoms with E-state index in [1.54, 1.807) is 0 Å². The number of hydrogen-bond donors (Lipinski definition) is 1. The third-order valence-electron chi connectivity index (χ3n) is 2.35. The lowest BCUT2D eigenvalue weighted by atomic mass is 10.4. The molecule has 2 heterocycles. The van der Waals surface area contributed by atoms with Crippen LogP contribution in [0.4, 0.5) is 5.82 Å². The Morgan fingerprint density at radius 3 is 2.67 bits per heavy atom. The SMILES string of the molecule is CC.CN1CCCn2nc(N)c(Cl)c2C1. The Hall–Kier alpha value is -0.740. The summed E-state index contributed by atoms with van der Waals surface area (Å²) in [5.74, 6) is 0.451. The second-order valence-corrected chi connectivity index (χ2v) is 3.84. The molecule has 1 aromatic rings. The van der Waals surface area contributed by atoms with Gasteiger partial charge in [-0.15, -0.1) is 0 Å². The van der Waals surface area contributed by atoms with E-state index in [0.717, 1.165) is 31.7 Å². The minimum Gasteiger partial charge on any atom is -0.381 e. The highest BCUT2D eigenvalue weighted by Gasteiger charge is 2.18. The molecule has 0 spiro atoms. The van der Waals surface area contributed by atoms with Crippen LogP contribution >= 0.6 is 11.6 Å². The van der Waals surface area contributed by atoms with E-state index in [1.165, 1.54) is 0 Å². The zero-order valence-electron chi connectivity index (χ0n) is 9.63. The fourth-order valence-electron chi connectivity index (χ4n) is 1.66. The molecule has 0 atom stereocenters. The molecule has 1 aliphatic rings. The van der Waals surface area contributed by atoms with Gasteiger partial charge >= 0.3 is 0 Å². The average Bonchev–Trinajstić information content (AvgIpc) is 2.43. The summed E-state index contributed by atoms with van der Waals surface area (Å²) < 4.78 is 1.92. The first kappa shape index (κ1) is 12.3. The lowest BCUT2D eigenvalue weighted by molar-refractivity contribution is 0.332. The molecule has 0 aromatic carbocycles. The van der Waals surface area contributed by atoms with Crippen molar-refractivity contribution in [2.45, 2.75) is 33.4 Å². The fraction of sp³-hybridized carbons (Fsp3) is 0.700. The van der Waals surface area contributed by atoms with Gasteiger partial charge in [0.25, 0.3) is 0 Å². The van der Waals surface area contributed by atoms with Crippen molar-refractivity contribution in [2.75, 3.05) is 19.3 Å². The number of nitrogens with zero attached hydrogens (tertiary/aromatic N) is 3. The van der Waals surface area contributed by atoms with E-state index in [4.69, 9.17) is 17.3 Å². The molecular weight excluding hydrogens is 212 g/mol. The Morgan fingerprint density at radius 2 is 2.00 bits per heavy atom. The maximum Gasteiger partial charge on any atom is 0.164 e. The van der Waals surface area contributed by atoms with Crippen LogP contribution in [0, 0.1) is 0 Å². The maximum absolute atomic E-state index is 6.03. The molecule has 0 radical (unpaired) electrons. The highest BCUT2D eigenvalue weighted by molar-refractivity contribution is 6.33. The minimum absolute atomic E-state index is 0.451. The van der Waals surface area contributed by atoms with Gasteiger partial charge in [0, 0.05) is 19.6 Å². The number of aromatic nitrogens is 2. The molecule has 0 saturated carbocycles. The zero-order valence-corrected chi connectivity index (χ0v) is 10.4. The number of aryl methyl sites for hydroxylation is 1. The van der Waals surface area contributed by atoms with E-state index < -0.39 is 0 Å². The molecular formula is C10H19ClN4. The Bertz CT molecular complexity index is 321. The van der Waals surface area contributed by atoms with Gasteiger partial charge in [-0.3, -0.25) is 4.68 Å². The molecule has 0 unspecified atom stereocenters. The van der Waals surface area contributed by atoms with Crippen molar-refractivity contribution in [3.8, 4) is 0 Å². The van der Waals surface area contributed by atoms with Crippen molar-refractivity contribution in [3.63, 3.8) is 0 Å². The van der Waals surface area contributed by atoms with E-state index >= 15 is 0 Å². The summed E-state index contributed by atoms with van der Waals surface area (Å²) >= 11 is 6.03. The van der Waals surface area contributed by atoms with Gasteiger partial charge in [-0.05, 0) is 13.5 Å². The van der Waals surface area contributed by atoms with E-state index in [0.29, 0.717) is 10.8 Å². The van der Waals surface area contributed by atoms with Crippen LogP contribution in [0.3, 0.4) is 0 Å². The number of halogens is 1. The van der Waals surface area contributed by atoms with Crippen LogP contribution in [0.25, 0.3) is 0 Å². The number of anilines is 1. The Labute approximate surface area is 96.0 Å². The first-order valence-corrected chi connectivity index (χ1v) is 5.75. The summed E-state index contributed by atoms with van der Waals surface area (Å²) in [4.78, 5) is 2.23. The summed E-state index contributed by atoms with van der Waals surface area (Å²) in [7, 11) is 2.08. The van der Waals surface area contributed by atoms with Crippen LogP contribution in [0.1, 0.15) is 26.0 Å². The van der Waals surface area contributed by atoms with Crippen molar-refractivity contribution >= 4 is 17.4 Å². The van der Waals surface area contributed by atoms with Gasteiger partial charge < -0.3 is 10.6 Å². The van der Waals surface area contributed by atoms with E-state index in [1.807, 2.05) is 18.5 Å². The molecule has 1 aromatic heterocycles. The second kappa shape index (κ2) is 5.37. The van der Waals surface area contributed by atoms with Gasteiger partial charge in [0.15, 0.2) is 5.82 Å². The quantitative estimate of drug-likeness (QED) is 0.742. The van der Waals surface area contributed by atoms with Crippen LogP contribution in [-0.2, 0) is 13.1 Å². The van der Waals surface area contributed by atoms with Crippen LogP contribution in [0.15, 0.2) is 0 Å². The van der Waals surface area contributed by atoms with E-state index in [2.05, 4.69) is 17.0 Å². The van der Waals surface area contributed by atoms with Gasteiger partial charge in [0.1, 0.15) is 5.02 Å². The van der Waals surface area contributed by atoms with Gasteiger partial charge in [0.05, 0.1) is 5.69 Å². The molecule has 86 valence electrons. The fourth-order valence-corrected chi connectivity index (χ4v) is 1.85. The average molecular weight is 231 g/mol. The molecule has 0 fully saturated rings. The molecule has 1 aliphatic heterocycles. The second-order valence-electron chi connectivity index (χ2n) is 3.46. The van der Waals surface area contributed by atoms with Gasteiger partial charge in [0.2, 0.25) is 0 Å². The van der Waals surface area contributed by atoms with E-state index in [-0.39, 0.29) is 0 Å². The number of fused-ring (bicyclic) bond motifs is 1. The predicted octanol–water partition coefficient (Wildman–Crippen LogP) is 1.98. The van der Waals surface area contributed by atoms with Crippen LogP contribution in [0.2, 0.25) is 5.02 Å². The van der Waals surface area contributed by atoms with Crippen molar-refractivity contribution in [1.29, 1.82) is 0 Å². The highest BCUT2D eigenvalue weighted by Crippen LogP contribution is 2.25. The summed E-state index contributed by atoms with van der Waals surface area (Å²) in [6, 6.07) is 0. The largest absolute Gasteiger partial charge is 0.381 e. The topological polar surface area (TPSA) is 47.1 Å².